The van der Waals surface area contributed by atoms with Crippen molar-refractivity contribution in [3.05, 3.63) is 0 Å². The summed E-state index contributed by atoms with van der Waals surface area (Å²) in [5.74, 6) is -0.360. The third-order valence-electron chi connectivity index (χ3n) is 1.50. The fraction of sp³-hybridized carbons (Fsp3) is 0.875. The summed E-state index contributed by atoms with van der Waals surface area (Å²) in [6.45, 7) is 5.89. The topological polar surface area (TPSA) is 61.5 Å². The van der Waals surface area contributed by atoms with Gasteiger partial charge in [-0.3, -0.25) is 0 Å². The molecule has 0 aromatic rings. The van der Waals surface area contributed by atoms with Crippen LogP contribution in [0.25, 0.3) is 0 Å². The third-order valence-corrected chi connectivity index (χ3v) is 1.50. The van der Waals surface area contributed by atoms with Crippen molar-refractivity contribution in [2.24, 2.45) is 5.73 Å². The van der Waals surface area contributed by atoms with Crippen molar-refractivity contribution in [3.8, 4) is 0 Å². The quantitative estimate of drug-likeness (QED) is 0.569. The van der Waals surface area contributed by atoms with E-state index in [0.29, 0.717) is 6.61 Å². The van der Waals surface area contributed by atoms with E-state index >= 15 is 0 Å². The van der Waals surface area contributed by atoms with Gasteiger partial charge in [-0.2, -0.15) is 0 Å². The molecule has 0 aliphatic carbocycles. The van der Waals surface area contributed by atoms with Gasteiger partial charge in [-0.1, -0.05) is 0 Å². The number of esters is 1. The molecular weight excluding hydrogens is 158 g/mol. The van der Waals surface area contributed by atoms with E-state index in [4.69, 9.17) is 15.2 Å². The van der Waals surface area contributed by atoms with Crippen molar-refractivity contribution in [2.45, 2.75) is 38.5 Å². The van der Waals surface area contributed by atoms with E-state index < -0.39 is 11.7 Å². The van der Waals surface area contributed by atoms with Crippen molar-refractivity contribution in [2.75, 3.05) is 6.61 Å². The molecule has 70 valence electrons. The van der Waals surface area contributed by atoms with Gasteiger partial charge in [0.2, 0.25) is 0 Å². The van der Waals surface area contributed by atoms with Crippen LogP contribution >= 0.6 is 0 Å². The Morgan fingerprint density at radius 1 is 1.58 bits per heavy atom. The number of rotatable bonds is 1. The van der Waals surface area contributed by atoms with E-state index in [1.165, 1.54) is 0 Å². The maximum atomic E-state index is 11.2. The lowest BCUT2D eigenvalue weighted by Crippen LogP contribution is -2.56. The molecule has 1 saturated heterocycles. The summed E-state index contributed by atoms with van der Waals surface area (Å²) in [6, 6.07) is -0.195. The van der Waals surface area contributed by atoms with Gasteiger partial charge in [0.25, 0.3) is 0 Å². The Kier molecular flexibility index (Phi) is 2.39. The second-order valence-corrected chi connectivity index (χ2v) is 3.95. The Labute approximate surface area is 72.0 Å². The molecule has 12 heavy (non-hydrogen) atoms. The van der Waals surface area contributed by atoms with E-state index in [1.807, 2.05) is 20.8 Å². The predicted octanol–water partition coefficient (Wildman–Crippen LogP) is 0.0542. The van der Waals surface area contributed by atoms with Gasteiger partial charge in [0, 0.05) is 0 Å². The number of hydrogen-bond acceptors (Lipinski definition) is 4. The summed E-state index contributed by atoms with van der Waals surface area (Å²) in [7, 11) is 0. The fourth-order valence-corrected chi connectivity index (χ4v) is 0.906. The first kappa shape index (κ1) is 9.48. The molecule has 1 fully saturated rings. The van der Waals surface area contributed by atoms with Gasteiger partial charge in [0.05, 0.1) is 12.6 Å². The van der Waals surface area contributed by atoms with Gasteiger partial charge in [-0.15, -0.1) is 0 Å². The molecule has 0 bridgehead atoms. The zero-order valence-corrected chi connectivity index (χ0v) is 7.66. The molecule has 0 aromatic carbocycles. The zero-order chi connectivity index (χ0) is 9.35. The molecule has 1 aliphatic rings. The second kappa shape index (κ2) is 3.03. The summed E-state index contributed by atoms with van der Waals surface area (Å²) < 4.78 is 10.0. The van der Waals surface area contributed by atoms with Crippen LogP contribution in [0.5, 0.6) is 0 Å². The normalized spacial score (nSPS) is 29.3. The minimum absolute atomic E-state index is 0.195. The SMILES string of the molecule is CC(C)(C)OC(=O)[C@@H]1OC[C@@H]1N. The fourth-order valence-electron chi connectivity index (χ4n) is 0.906. The predicted molar refractivity (Wildman–Crippen MR) is 43.6 cm³/mol. The van der Waals surface area contributed by atoms with Crippen molar-refractivity contribution in [1.82, 2.24) is 0 Å². The monoisotopic (exact) mass is 173 g/mol. The van der Waals surface area contributed by atoms with E-state index in [-0.39, 0.29) is 12.0 Å². The average molecular weight is 173 g/mol. The standard InChI is InChI=1S/C8H15NO3/c1-8(2,3)12-7(10)6-5(9)4-11-6/h5-6H,4,9H2,1-3H3/t5-,6+/m0/s1. The molecule has 0 radical (unpaired) electrons. The Morgan fingerprint density at radius 3 is 2.42 bits per heavy atom. The van der Waals surface area contributed by atoms with Crippen molar-refractivity contribution < 1.29 is 14.3 Å². The van der Waals surface area contributed by atoms with Crippen LogP contribution in [0.15, 0.2) is 0 Å². The molecule has 2 atom stereocenters. The molecule has 0 aromatic heterocycles. The minimum atomic E-state index is -0.552. The summed E-state index contributed by atoms with van der Waals surface area (Å²) >= 11 is 0. The largest absolute Gasteiger partial charge is 0.458 e. The highest BCUT2D eigenvalue weighted by Crippen LogP contribution is 2.16. The summed E-state index contributed by atoms with van der Waals surface area (Å²) in [5, 5.41) is 0. The summed E-state index contributed by atoms with van der Waals surface area (Å²) in [4.78, 5) is 11.2. The first-order valence-corrected chi connectivity index (χ1v) is 4.00. The van der Waals surface area contributed by atoms with E-state index in [1.54, 1.807) is 0 Å². The zero-order valence-electron chi connectivity index (χ0n) is 7.66. The lowest BCUT2D eigenvalue weighted by Gasteiger charge is -2.33. The van der Waals surface area contributed by atoms with Crippen LogP contribution in [0.4, 0.5) is 0 Å². The van der Waals surface area contributed by atoms with Crippen molar-refractivity contribution >= 4 is 5.97 Å². The molecule has 0 spiro atoms. The summed E-state index contributed by atoms with van der Waals surface area (Å²) in [6.07, 6.45) is -0.552. The molecule has 0 unspecified atom stereocenters. The Balaban J connectivity index is 2.39. The molecule has 1 heterocycles. The molecule has 0 amide bonds. The van der Waals surface area contributed by atoms with Crippen molar-refractivity contribution in [1.29, 1.82) is 0 Å². The molecule has 0 saturated carbocycles. The van der Waals surface area contributed by atoms with E-state index in [2.05, 4.69) is 0 Å². The van der Waals surface area contributed by atoms with Crippen LogP contribution in [-0.4, -0.2) is 30.3 Å². The van der Waals surface area contributed by atoms with E-state index in [0.717, 1.165) is 0 Å². The lowest BCUT2D eigenvalue weighted by molar-refractivity contribution is -0.184. The van der Waals surface area contributed by atoms with Gasteiger partial charge in [0.15, 0.2) is 6.10 Å². The highest BCUT2D eigenvalue weighted by atomic mass is 16.6. The molecular formula is C8H15NO3. The highest BCUT2D eigenvalue weighted by molar-refractivity contribution is 5.77. The van der Waals surface area contributed by atoms with Crippen LogP contribution < -0.4 is 5.73 Å². The van der Waals surface area contributed by atoms with Gasteiger partial charge in [0.1, 0.15) is 5.60 Å². The van der Waals surface area contributed by atoms with Crippen LogP contribution in [0.1, 0.15) is 20.8 Å². The summed E-state index contributed by atoms with van der Waals surface area (Å²) in [5.41, 5.74) is 5.05. The molecule has 1 rings (SSSR count). The van der Waals surface area contributed by atoms with Gasteiger partial charge in [-0.05, 0) is 20.8 Å². The average Bonchev–Trinajstić information content (AvgIpc) is 1.79. The Morgan fingerprint density at radius 2 is 2.17 bits per heavy atom. The number of carbonyl (C=O) groups excluding carboxylic acids is 1. The molecule has 1 aliphatic heterocycles. The second-order valence-electron chi connectivity index (χ2n) is 3.95. The van der Waals surface area contributed by atoms with Crippen LogP contribution in [0.2, 0.25) is 0 Å². The lowest BCUT2D eigenvalue weighted by atomic mass is 10.1. The molecule has 2 N–H and O–H groups in total. The number of hydrogen-bond donors (Lipinski definition) is 1. The first-order chi connectivity index (χ1) is 5.40. The van der Waals surface area contributed by atoms with Gasteiger partial charge < -0.3 is 15.2 Å². The number of carbonyl (C=O) groups is 1. The van der Waals surface area contributed by atoms with E-state index in [9.17, 15) is 4.79 Å². The number of nitrogens with two attached hydrogens (primary N) is 1. The first-order valence-electron chi connectivity index (χ1n) is 4.00. The number of ether oxygens (including phenoxy) is 2. The van der Waals surface area contributed by atoms with Crippen LogP contribution in [-0.2, 0) is 14.3 Å². The maximum absolute atomic E-state index is 11.2. The van der Waals surface area contributed by atoms with Gasteiger partial charge in [-0.25, -0.2) is 4.79 Å². The van der Waals surface area contributed by atoms with Crippen molar-refractivity contribution in [3.63, 3.8) is 0 Å². The van der Waals surface area contributed by atoms with Crippen LogP contribution in [0, 0.1) is 0 Å². The Bertz CT molecular complexity index is 185. The maximum Gasteiger partial charge on any atom is 0.337 e. The highest BCUT2D eigenvalue weighted by Gasteiger charge is 2.38. The third kappa shape index (κ3) is 2.19. The minimum Gasteiger partial charge on any atom is -0.458 e. The molecule has 4 nitrogen and oxygen atoms in total. The van der Waals surface area contributed by atoms with Gasteiger partial charge >= 0.3 is 5.97 Å². The Hall–Kier alpha value is -0.610. The van der Waals surface area contributed by atoms with Crippen LogP contribution in [0.3, 0.4) is 0 Å². The smallest absolute Gasteiger partial charge is 0.337 e. The molecule has 4 heteroatoms.